The number of hydrogen-bond acceptors (Lipinski definition) is 1. The van der Waals surface area contributed by atoms with Gasteiger partial charge in [0.1, 0.15) is 5.84 Å². The van der Waals surface area contributed by atoms with Crippen LogP contribution in [-0.4, -0.2) is 27.0 Å². The second kappa shape index (κ2) is 20.5. The molecular formula is C72H55N5. The molecule has 1 unspecified atom stereocenters. The van der Waals surface area contributed by atoms with E-state index in [9.17, 15) is 5.41 Å². The summed E-state index contributed by atoms with van der Waals surface area (Å²) in [5.41, 5.74) is 20.0. The van der Waals surface area contributed by atoms with Crippen molar-refractivity contribution in [2.24, 2.45) is 15.9 Å². The highest BCUT2D eigenvalue weighted by Crippen LogP contribution is 2.45. The van der Waals surface area contributed by atoms with Crippen LogP contribution in [0.15, 0.2) is 287 Å². The lowest BCUT2D eigenvalue weighted by Crippen LogP contribution is -2.09. The average Bonchev–Trinajstić information content (AvgIpc) is 4.21. The molecule has 2 heterocycles. The van der Waals surface area contributed by atoms with Gasteiger partial charge in [0.05, 0.1) is 22.2 Å². The zero-order chi connectivity index (χ0) is 51.7. The fourth-order valence-corrected chi connectivity index (χ4v) is 11.3. The molecule has 0 saturated heterocycles. The van der Waals surface area contributed by atoms with Gasteiger partial charge in [-0.05, 0) is 129 Å². The molecule has 0 fully saturated rings. The summed E-state index contributed by atoms with van der Waals surface area (Å²) in [4.78, 5) is 10.3. The van der Waals surface area contributed by atoms with Gasteiger partial charge >= 0.3 is 0 Å². The molecule has 2 aromatic heterocycles. The lowest BCUT2D eigenvalue weighted by Gasteiger charge is -2.20. The molecule has 3 aliphatic rings. The number of nitrogens with one attached hydrogen (secondary N) is 1. The molecule has 1 N–H and O–H groups in total. The monoisotopic (exact) mass is 989 g/mol. The van der Waals surface area contributed by atoms with Crippen LogP contribution >= 0.6 is 0 Å². The van der Waals surface area contributed by atoms with E-state index in [4.69, 9.17) is 9.98 Å². The summed E-state index contributed by atoms with van der Waals surface area (Å²) >= 11 is 0. The Morgan fingerprint density at radius 2 is 1.29 bits per heavy atom. The second-order valence-electron chi connectivity index (χ2n) is 19.9. The minimum Gasteiger partial charge on any atom is -0.312 e. The van der Waals surface area contributed by atoms with E-state index in [0.29, 0.717) is 24.6 Å². The molecule has 10 aromatic rings. The standard InChI is InChI=1S/C72H55N5/c1-2-51(71(73)75-72(54-29-15-6-16-30-54)74-48-50-41-57(52-25-11-4-12-26-52)46-58(42-50)53-27-13-5-14-28-53)47-63(56-38-37-55-44-59(55)45-56)68(43-49-23-9-3-10-24-49)77-65-36-22-21-34-62(65)70-67(77)40-39-66-69(70)61-33-19-8-20-35-64(61)76(66)60-31-17-7-18-32-60/h3-32,34-42,44-48,55,73H,2,33,43H2,1H3/b51-47+,68-63-,73-71?,74-48+,75-72-. The predicted molar refractivity (Wildman–Crippen MR) is 324 cm³/mol. The van der Waals surface area contributed by atoms with Crippen LogP contribution in [0.3, 0.4) is 0 Å². The topological polar surface area (TPSA) is 58.4 Å². The van der Waals surface area contributed by atoms with Crippen LogP contribution in [-0.2, 0) is 12.8 Å². The average molecular weight is 990 g/mol. The molecule has 1 atom stereocenters. The molecule has 77 heavy (non-hydrogen) atoms. The van der Waals surface area contributed by atoms with Gasteiger partial charge in [0.15, 0.2) is 5.84 Å². The van der Waals surface area contributed by atoms with Gasteiger partial charge < -0.3 is 9.13 Å². The molecule has 0 bridgehead atoms. The van der Waals surface area contributed by atoms with Crippen molar-refractivity contribution in [3.05, 3.63) is 305 Å². The molecule has 3 aliphatic carbocycles. The Morgan fingerprint density at radius 3 is 1.99 bits per heavy atom. The first-order valence-corrected chi connectivity index (χ1v) is 26.7. The number of allylic oxidation sites excluding steroid dienone is 12. The fourth-order valence-electron chi connectivity index (χ4n) is 11.3. The van der Waals surface area contributed by atoms with Crippen molar-refractivity contribution in [3.63, 3.8) is 0 Å². The molecule has 0 spiro atoms. The lowest BCUT2D eigenvalue weighted by molar-refractivity contribution is 1.08. The summed E-state index contributed by atoms with van der Waals surface area (Å²) < 4.78 is 4.95. The molecular weight excluding hydrogens is 935 g/mol. The SMILES string of the molecule is CC/C(=C\C(C1=CC2=CC2C=C1)=C(/Cc1ccccc1)n1c2ccccc2c2c3c4c(n(-c5ccccc5)c3ccc21)C=CC=CC4)C(=N)/N=C(\N=C\c1cc(-c2ccccc2)cc(-c2ccccc2)c1)c1ccccc1. The smallest absolute Gasteiger partial charge is 0.161 e. The maximum atomic E-state index is 10.0. The van der Waals surface area contributed by atoms with Gasteiger partial charge in [-0.25, -0.2) is 9.98 Å². The minimum atomic E-state index is 0.168. The number of amidine groups is 2. The van der Waals surface area contributed by atoms with Crippen LogP contribution in [0.5, 0.6) is 0 Å². The lowest BCUT2D eigenvalue weighted by atomic mass is 9.92. The maximum absolute atomic E-state index is 10.0. The molecule has 0 saturated carbocycles. The van der Waals surface area contributed by atoms with Crippen molar-refractivity contribution in [1.29, 1.82) is 5.41 Å². The molecule has 5 heteroatoms. The van der Waals surface area contributed by atoms with Crippen LogP contribution in [0.25, 0.3) is 72.4 Å². The number of benzene rings is 8. The first-order chi connectivity index (χ1) is 38.1. The predicted octanol–water partition coefficient (Wildman–Crippen LogP) is 17.6. The number of rotatable bonds is 12. The Morgan fingerprint density at radius 1 is 0.636 bits per heavy atom. The molecule has 13 rings (SSSR count). The highest BCUT2D eigenvalue weighted by molar-refractivity contribution is 6.23. The molecule has 8 aromatic carbocycles. The highest BCUT2D eigenvalue weighted by Gasteiger charge is 2.28. The van der Waals surface area contributed by atoms with Crippen molar-refractivity contribution >= 4 is 62.4 Å². The molecule has 5 nitrogen and oxygen atoms in total. The fraction of sp³-hybridized carbons (Fsp3) is 0.0694. The van der Waals surface area contributed by atoms with Gasteiger partial charge in [-0.1, -0.05) is 207 Å². The van der Waals surface area contributed by atoms with Gasteiger partial charge in [0, 0.05) is 57.2 Å². The van der Waals surface area contributed by atoms with E-state index in [0.717, 1.165) is 78.9 Å². The van der Waals surface area contributed by atoms with Gasteiger partial charge in [0.25, 0.3) is 0 Å². The Hall–Kier alpha value is -9.71. The second-order valence-corrected chi connectivity index (χ2v) is 19.9. The van der Waals surface area contributed by atoms with E-state index in [1.54, 1.807) is 0 Å². The normalized spacial score (nSPS) is 15.4. The maximum Gasteiger partial charge on any atom is 0.161 e. The number of fused-ring (bicyclic) bond motifs is 8. The van der Waals surface area contributed by atoms with Crippen LogP contribution in [0, 0.1) is 11.3 Å². The van der Waals surface area contributed by atoms with Gasteiger partial charge in [-0.15, -0.1) is 0 Å². The van der Waals surface area contributed by atoms with E-state index in [1.807, 2.05) is 48.7 Å². The third kappa shape index (κ3) is 9.23. The number of hydrogen-bond donors (Lipinski definition) is 1. The quantitative estimate of drug-likeness (QED) is 0.0720. The summed E-state index contributed by atoms with van der Waals surface area (Å²) in [7, 11) is 0. The number of para-hydroxylation sites is 2. The third-order valence-corrected chi connectivity index (χ3v) is 15.1. The number of aromatic nitrogens is 2. The van der Waals surface area contributed by atoms with E-state index in [-0.39, 0.29) is 5.84 Å². The minimum absolute atomic E-state index is 0.168. The molecule has 0 radical (unpaired) electrons. The Balaban J connectivity index is 1.01. The van der Waals surface area contributed by atoms with E-state index >= 15 is 0 Å². The Labute approximate surface area is 449 Å². The summed E-state index contributed by atoms with van der Waals surface area (Å²) in [5.74, 6) is 1.01. The van der Waals surface area contributed by atoms with Crippen molar-refractivity contribution in [3.8, 4) is 27.9 Å². The first kappa shape index (κ1) is 47.0. The van der Waals surface area contributed by atoms with Crippen LogP contribution in [0.2, 0.25) is 0 Å². The Bertz CT molecular complexity index is 4150. The zero-order valence-corrected chi connectivity index (χ0v) is 42.9. The van der Waals surface area contributed by atoms with Gasteiger partial charge in [0.2, 0.25) is 0 Å². The van der Waals surface area contributed by atoms with Crippen molar-refractivity contribution in [2.45, 2.75) is 26.2 Å². The first-order valence-electron chi connectivity index (χ1n) is 26.7. The van der Waals surface area contributed by atoms with Crippen LogP contribution in [0.4, 0.5) is 0 Å². The summed E-state index contributed by atoms with van der Waals surface area (Å²) in [6, 6.07) is 72.7. The number of nitrogens with zero attached hydrogens (tertiary/aromatic N) is 4. The number of aliphatic imine (C=N–C) groups is 2. The highest BCUT2D eigenvalue weighted by atomic mass is 15.0. The Kier molecular flexibility index (Phi) is 12.5. The molecule has 0 amide bonds. The van der Waals surface area contributed by atoms with Crippen LogP contribution in [0.1, 0.15) is 41.3 Å². The third-order valence-electron chi connectivity index (χ3n) is 15.1. The van der Waals surface area contributed by atoms with Gasteiger partial charge in [-0.3, -0.25) is 5.41 Å². The van der Waals surface area contributed by atoms with Crippen LogP contribution < -0.4 is 0 Å². The summed E-state index contributed by atoms with van der Waals surface area (Å²) in [5, 5.41) is 13.7. The zero-order valence-electron chi connectivity index (χ0n) is 42.9. The molecule has 368 valence electrons. The summed E-state index contributed by atoms with van der Waals surface area (Å²) in [6.45, 7) is 2.13. The van der Waals surface area contributed by atoms with E-state index in [1.165, 1.54) is 44.1 Å². The van der Waals surface area contributed by atoms with Crippen molar-refractivity contribution in [2.75, 3.05) is 0 Å². The van der Waals surface area contributed by atoms with Crippen molar-refractivity contribution < 1.29 is 0 Å². The molecule has 0 aliphatic heterocycles. The van der Waals surface area contributed by atoms with Crippen molar-refractivity contribution in [1.82, 2.24) is 9.13 Å². The van der Waals surface area contributed by atoms with E-state index < -0.39 is 0 Å². The summed E-state index contributed by atoms with van der Waals surface area (Å²) in [6.07, 6.45) is 24.3. The largest absolute Gasteiger partial charge is 0.312 e. The van der Waals surface area contributed by atoms with E-state index in [2.05, 4.69) is 235 Å². The van der Waals surface area contributed by atoms with Gasteiger partial charge in [-0.2, -0.15) is 0 Å².